The molecule has 0 bridgehead atoms. The van der Waals surface area contributed by atoms with Gasteiger partial charge in [0.15, 0.2) is 0 Å². The number of alkyl halides is 2. The van der Waals surface area contributed by atoms with Crippen molar-refractivity contribution in [3.05, 3.63) is 0 Å². The second-order valence-electron chi connectivity index (χ2n) is 4.35. The van der Waals surface area contributed by atoms with Crippen LogP contribution in [0.3, 0.4) is 0 Å². The van der Waals surface area contributed by atoms with Gasteiger partial charge in [0.05, 0.1) is 0 Å². The van der Waals surface area contributed by atoms with Crippen LogP contribution < -0.4 is 0 Å². The highest BCUT2D eigenvalue weighted by molar-refractivity contribution is 4.86. The van der Waals surface area contributed by atoms with Gasteiger partial charge in [-0.25, -0.2) is 8.78 Å². The van der Waals surface area contributed by atoms with Crippen LogP contribution in [0.5, 0.6) is 0 Å². The van der Waals surface area contributed by atoms with Gasteiger partial charge in [0.2, 0.25) is 0 Å². The Morgan fingerprint density at radius 1 is 0.750 bits per heavy atom. The molecule has 12 heavy (non-hydrogen) atoms. The Bertz CT molecular complexity index is 142. The molecule has 2 heteroatoms. The summed E-state index contributed by atoms with van der Waals surface area (Å²) >= 11 is 0. The van der Waals surface area contributed by atoms with Gasteiger partial charge >= 0.3 is 0 Å². The fourth-order valence-corrected chi connectivity index (χ4v) is 2.86. The molecular formula is C10H16F2. The lowest BCUT2D eigenvalue weighted by atomic mass is 9.91. The summed E-state index contributed by atoms with van der Waals surface area (Å²) < 4.78 is 26.2. The molecule has 4 atom stereocenters. The third-order valence-electron chi connectivity index (χ3n) is 3.45. The van der Waals surface area contributed by atoms with E-state index in [1.807, 2.05) is 0 Å². The van der Waals surface area contributed by atoms with Crippen molar-refractivity contribution in [2.24, 2.45) is 11.8 Å². The monoisotopic (exact) mass is 174 g/mol. The van der Waals surface area contributed by atoms with Crippen LogP contribution in [0, 0.1) is 11.8 Å². The highest BCUT2D eigenvalue weighted by Crippen LogP contribution is 2.42. The molecule has 70 valence electrons. The van der Waals surface area contributed by atoms with Crippen LogP contribution in [0.15, 0.2) is 0 Å². The first-order valence-corrected chi connectivity index (χ1v) is 5.04. The van der Waals surface area contributed by atoms with Gasteiger partial charge in [0.1, 0.15) is 12.3 Å². The minimum absolute atomic E-state index is 0.160. The summed E-state index contributed by atoms with van der Waals surface area (Å²) in [6.07, 6.45) is 3.15. The van der Waals surface area contributed by atoms with E-state index in [9.17, 15) is 8.78 Å². The maximum absolute atomic E-state index is 13.1. The Kier molecular flexibility index (Phi) is 2.33. The van der Waals surface area contributed by atoms with Crippen LogP contribution >= 0.6 is 0 Å². The van der Waals surface area contributed by atoms with E-state index in [-0.39, 0.29) is 6.42 Å². The molecule has 0 aromatic rings. The van der Waals surface area contributed by atoms with Gasteiger partial charge in [0, 0.05) is 6.42 Å². The van der Waals surface area contributed by atoms with Crippen LogP contribution in [-0.2, 0) is 0 Å². The average molecular weight is 174 g/mol. The number of halogens is 2. The first-order valence-electron chi connectivity index (χ1n) is 5.04. The van der Waals surface area contributed by atoms with E-state index < -0.39 is 12.3 Å². The predicted octanol–water partition coefficient (Wildman–Crippen LogP) is 3.26. The summed E-state index contributed by atoms with van der Waals surface area (Å²) in [7, 11) is 0. The summed E-state index contributed by atoms with van der Waals surface area (Å²) in [6.45, 7) is 0. The molecule has 4 unspecified atom stereocenters. The summed E-state index contributed by atoms with van der Waals surface area (Å²) in [5, 5.41) is 0. The largest absolute Gasteiger partial charge is 0.247 e. The third-order valence-corrected chi connectivity index (χ3v) is 3.45. The molecule has 0 aliphatic heterocycles. The molecule has 0 N–H and O–H groups in total. The Morgan fingerprint density at radius 3 is 1.75 bits per heavy atom. The lowest BCUT2D eigenvalue weighted by molar-refractivity contribution is 0.214. The van der Waals surface area contributed by atoms with E-state index in [4.69, 9.17) is 0 Å². The van der Waals surface area contributed by atoms with Crippen LogP contribution in [0.2, 0.25) is 0 Å². The Labute approximate surface area is 72.3 Å². The fourth-order valence-electron chi connectivity index (χ4n) is 2.86. The molecule has 0 aromatic heterocycles. The molecule has 0 amide bonds. The quantitative estimate of drug-likeness (QED) is 0.528. The fraction of sp³-hybridized carbons (Fsp3) is 1.00. The maximum atomic E-state index is 13.1. The summed E-state index contributed by atoms with van der Waals surface area (Å²) in [5.74, 6) is 1.00. The Morgan fingerprint density at radius 2 is 1.25 bits per heavy atom. The number of hydrogen-bond donors (Lipinski definition) is 0. The zero-order chi connectivity index (χ0) is 8.55. The second kappa shape index (κ2) is 3.31. The number of hydrogen-bond acceptors (Lipinski definition) is 0. The van der Waals surface area contributed by atoms with E-state index >= 15 is 0 Å². The van der Waals surface area contributed by atoms with Crippen molar-refractivity contribution in [3.8, 4) is 0 Å². The minimum Gasteiger partial charge on any atom is -0.247 e. The van der Waals surface area contributed by atoms with Gasteiger partial charge in [0.25, 0.3) is 0 Å². The van der Waals surface area contributed by atoms with Crippen molar-refractivity contribution < 1.29 is 8.78 Å². The molecule has 2 saturated carbocycles. The molecule has 2 rings (SSSR count). The summed E-state index contributed by atoms with van der Waals surface area (Å²) in [4.78, 5) is 0. The number of rotatable bonds is 0. The summed E-state index contributed by atoms with van der Waals surface area (Å²) in [6, 6.07) is 0. The lowest BCUT2D eigenvalue weighted by Crippen LogP contribution is -2.09. The first kappa shape index (κ1) is 8.46. The van der Waals surface area contributed by atoms with Crippen LogP contribution in [0.4, 0.5) is 8.78 Å². The average Bonchev–Trinajstić information content (AvgIpc) is 2.31. The van der Waals surface area contributed by atoms with Crippen molar-refractivity contribution in [2.45, 2.75) is 50.9 Å². The van der Waals surface area contributed by atoms with Crippen molar-refractivity contribution in [1.29, 1.82) is 0 Å². The van der Waals surface area contributed by atoms with Gasteiger partial charge in [-0.1, -0.05) is 19.3 Å². The molecule has 0 spiro atoms. The lowest BCUT2D eigenvalue weighted by Gasteiger charge is -2.15. The highest BCUT2D eigenvalue weighted by Gasteiger charge is 2.35. The van der Waals surface area contributed by atoms with E-state index in [0.29, 0.717) is 24.7 Å². The molecular weight excluding hydrogens is 158 g/mol. The molecule has 0 heterocycles. The highest BCUT2D eigenvalue weighted by atomic mass is 19.1. The van der Waals surface area contributed by atoms with Crippen molar-refractivity contribution in [1.82, 2.24) is 0 Å². The van der Waals surface area contributed by atoms with Crippen molar-refractivity contribution in [3.63, 3.8) is 0 Å². The molecule has 0 saturated heterocycles. The van der Waals surface area contributed by atoms with Gasteiger partial charge in [-0.15, -0.1) is 0 Å². The normalized spacial score (nSPS) is 48.5. The van der Waals surface area contributed by atoms with E-state index in [1.165, 1.54) is 6.42 Å². The zero-order valence-electron chi connectivity index (χ0n) is 7.31. The zero-order valence-corrected chi connectivity index (χ0v) is 7.31. The minimum atomic E-state index is -0.867. The van der Waals surface area contributed by atoms with Gasteiger partial charge in [-0.2, -0.15) is 0 Å². The second-order valence-corrected chi connectivity index (χ2v) is 4.35. The Balaban J connectivity index is 2.02. The van der Waals surface area contributed by atoms with Gasteiger partial charge < -0.3 is 0 Å². The van der Waals surface area contributed by atoms with Crippen LogP contribution in [0.1, 0.15) is 38.5 Å². The summed E-state index contributed by atoms with van der Waals surface area (Å²) in [5.41, 5.74) is 0. The first-order chi connectivity index (χ1) is 5.75. The van der Waals surface area contributed by atoms with Crippen LogP contribution in [-0.4, -0.2) is 12.3 Å². The van der Waals surface area contributed by atoms with Gasteiger partial charge in [-0.3, -0.25) is 0 Å². The van der Waals surface area contributed by atoms with E-state index in [1.54, 1.807) is 0 Å². The van der Waals surface area contributed by atoms with Crippen LogP contribution in [0.25, 0.3) is 0 Å². The van der Waals surface area contributed by atoms with Crippen molar-refractivity contribution in [2.75, 3.05) is 0 Å². The third kappa shape index (κ3) is 1.62. The van der Waals surface area contributed by atoms with Crippen molar-refractivity contribution >= 4 is 0 Å². The standard InChI is InChI=1S/C10H16F2/c11-9-4-7-2-1-3-8(7)5-10(12)6-9/h7-10H,1-6H2. The molecule has 0 aromatic carbocycles. The topological polar surface area (TPSA) is 0 Å². The molecule has 2 fully saturated rings. The Hall–Kier alpha value is -0.140. The smallest absolute Gasteiger partial charge is 0.103 e. The molecule has 0 radical (unpaired) electrons. The SMILES string of the molecule is FC1CC(F)CC2CCCC2C1. The number of fused-ring (bicyclic) bond motifs is 1. The maximum Gasteiger partial charge on any atom is 0.103 e. The van der Waals surface area contributed by atoms with E-state index in [2.05, 4.69) is 0 Å². The molecule has 0 nitrogen and oxygen atoms in total. The van der Waals surface area contributed by atoms with E-state index in [0.717, 1.165) is 12.8 Å². The predicted molar refractivity (Wildman–Crippen MR) is 44.5 cm³/mol. The molecule has 2 aliphatic carbocycles. The van der Waals surface area contributed by atoms with Gasteiger partial charge in [-0.05, 0) is 24.7 Å². The molecule has 2 aliphatic rings.